The van der Waals surface area contributed by atoms with E-state index < -0.39 is 0 Å². The van der Waals surface area contributed by atoms with E-state index in [2.05, 4.69) is 12.1 Å². The predicted molar refractivity (Wildman–Crippen MR) is 83.1 cm³/mol. The molecule has 0 saturated carbocycles. The van der Waals surface area contributed by atoms with E-state index in [9.17, 15) is 9.59 Å². The van der Waals surface area contributed by atoms with Crippen molar-refractivity contribution in [3.8, 4) is 0 Å². The molecule has 1 aromatic heterocycles. The second kappa shape index (κ2) is 8.06. The van der Waals surface area contributed by atoms with Crippen LogP contribution in [0.4, 0.5) is 4.79 Å². The fourth-order valence-corrected chi connectivity index (χ4v) is 3.08. The van der Waals surface area contributed by atoms with Crippen molar-refractivity contribution in [2.24, 2.45) is 0 Å². The maximum absolute atomic E-state index is 11.9. The number of piperidine rings is 1. The second-order valence-corrected chi connectivity index (χ2v) is 5.92. The van der Waals surface area contributed by atoms with Crippen molar-refractivity contribution in [3.63, 3.8) is 0 Å². The van der Waals surface area contributed by atoms with E-state index in [1.807, 2.05) is 0 Å². The third kappa shape index (κ3) is 3.93. The number of amides is 1. The van der Waals surface area contributed by atoms with Gasteiger partial charge < -0.3 is 14.2 Å². The van der Waals surface area contributed by atoms with E-state index in [4.69, 9.17) is 9.26 Å². The molecule has 2 heterocycles. The number of aromatic amines is 1. The van der Waals surface area contributed by atoms with Gasteiger partial charge in [-0.15, -0.1) is 0 Å². The van der Waals surface area contributed by atoms with Crippen LogP contribution in [0, 0.1) is 0 Å². The largest absolute Gasteiger partial charge is 0.453 e. The Morgan fingerprint density at radius 3 is 2.68 bits per heavy atom. The molecular weight excluding hydrogens is 284 g/mol. The first-order valence-electron chi connectivity index (χ1n) is 8.20. The topological polar surface area (TPSA) is 75.5 Å². The Morgan fingerprint density at radius 1 is 1.32 bits per heavy atom. The number of carbonyl (C=O) groups excluding carboxylic acids is 1. The molecule has 1 aliphatic heterocycles. The summed E-state index contributed by atoms with van der Waals surface area (Å²) in [4.78, 5) is 25.1. The van der Waals surface area contributed by atoms with Gasteiger partial charge in [-0.2, -0.15) is 5.16 Å². The molecule has 1 aromatic rings. The lowest BCUT2D eigenvalue weighted by molar-refractivity contribution is 0.110. The summed E-state index contributed by atoms with van der Waals surface area (Å²) < 4.78 is 10.2. The van der Waals surface area contributed by atoms with E-state index in [1.54, 1.807) is 4.90 Å². The van der Waals surface area contributed by atoms with Crippen LogP contribution in [0.1, 0.15) is 62.7 Å². The fourth-order valence-electron chi connectivity index (χ4n) is 3.08. The van der Waals surface area contributed by atoms with E-state index in [-0.39, 0.29) is 17.6 Å². The van der Waals surface area contributed by atoms with Crippen molar-refractivity contribution in [3.05, 3.63) is 21.7 Å². The van der Waals surface area contributed by atoms with Crippen molar-refractivity contribution in [2.75, 3.05) is 20.2 Å². The molecule has 0 radical (unpaired) electrons. The molecule has 6 heteroatoms. The molecule has 0 aliphatic carbocycles. The number of methoxy groups -OCH3 is 1. The van der Waals surface area contributed by atoms with Crippen molar-refractivity contribution in [1.82, 2.24) is 10.1 Å². The number of nitrogens with one attached hydrogen (secondary N) is 1. The highest BCUT2D eigenvalue weighted by molar-refractivity contribution is 5.67. The zero-order chi connectivity index (χ0) is 15.9. The molecule has 0 bridgehead atoms. The van der Waals surface area contributed by atoms with Gasteiger partial charge in [0.1, 0.15) is 5.76 Å². The standard InChI is InChI=1S/C16H26N2O4/c1-3-4-5-6-7-13-14(22-17-15(13)19)12-8-10-18(11-9-12)16(20)21-2/h12H,3-11H2,1-2H3,(H,17,19). The highest BCUT2D eigenvalue weighted by Crippen LogP contribution is 2.30. The minimum absolute atomic E-state index is 0.0955. The third-order valence-electron chi connectivity index (χ3n) is 4.40. The van der Waals surface area contributed by atoms with Crippen LogP contribution in [-0.4, -0.2) is 36.3 Å². The summed E-state index contributed by atoms with van der Waals surface area (Å²) in [5, 5.41) is 2.48. The molecule has 1 aliphatic rings. The number of ether oxygens (including phenoxy) is 1. The lowest BCUT2D eigenvalue weighted by Gasteiger charge is -2.30. The van der Waals surface area contributed by atoms with Crippen LogP contribution in [0.15, 0.2) is 9.32 Å². The summed E-state index contributed by atoms with van der Waals surface area (Å²) in [5.41, 5.74) is 0.703. The Hall–Kier alpha value is -1.72. The molecule has 1 saturated heterocycles. The normalized spacial score (nSPS) is 16.0. The molecule has 1 N–H and O–H groups in total. The molecule has 0 atom stereocenters. The number of H-pyrrole nitrogens is 1. The maximum Gasteiger partial charge on any atom is 0.409 e. The van der Waals surface area contributed by atoms with Gasteiger partial charge >= 0.3 is 6.09 Å². The van der Waals surface area contributed by atoms with E-state index in [0.717, 1.165) is 43.4 Å². The number of aromatic nitrogens is 1. The molecule has 0 aromatic carbocycles. The van der Waals surface area contributed by atoms with Crippen molar-refractivity contribution in [1.29, 1.82) is 0 Å². The minimum Gasteiger partial charge on any atom is -0.453 e. The van der Waals surface area contributed by atoms with E-state index in [1.165, 1.54) is 20.0 Å². The minimum atomic E-state index is -0.284. The average Bonchev–Trinajstić information content (AvgIpc) is 2.92. The number of carbonyl (C=O) groups is 1. The van der Waals surface area contributed by atoms with Crippen LogP contribution >= 0.6 is 0 Å². The number of nitrogens with zero attached hydrogens (tertiary/aromatic N) is 1. The molecule has 2 rings (SSSR count). The summed E-state index contributed by atoms with van der Waals surface area (Å²) >= 11 is 0. The summed E-state index contributed by atoms with van der Waals surface area (Å²) in [6.45, 7) is 3.45. The Bertz CT molecular complexity index is 526. The molecular formula is C16H26N2O4. The molecule has 0 unspecified atom stereocenters. The summed E-state index contributed by atoms with van der Waals surface area (Å²) in [6.07, 6.45) is 6.64. The average molecular weight is 310 g/mol. The van der Waals surface area contributed by atoms with Crippen LogP contribution in [0.2, 0.25) is 0 Å². The maximum atomic E-state index is 11.9. The molecule has 1 fully saturated rings. The fraction of sp³-hybridized carbons (Fsp3) is 0.750. The van der Waals surface area contributed by atoms with E-state index >= 15 is 0 Å². The van der Waals surface area contributed by atoms with Gasteiger partial charge in [0.05, 0.1) is 12.7 Å². The quantitative estimate of drug-likeness (QED) is 0.819. The zero-order valence-corrected chi connectivity index (χ0v) is 13.5. The van der Waals surface area contributed by atoms with Gasteiger partial charge in [-0.25, -0.2) is 4.79 Å². The predicted octanol–water partition coefficient (Wildman–Crippen LogP) is 3.04. The van der Waals surface area contributed by atoms with Gasteiger partial charge in [-0.05, 0) is 25.7 Å². The number of hydrogen-bond acceptors (Lipinski definition) is 4. The molecule has 6 nitrogen and oxygen atoms in total. The molecule has 0 spiro atoms. The van der Waals surface area contributed by atoms with Crippen molar-refractivity contribution < 1.29 is 14.1 Å². The Morgan fingerprint density at radius 2 is 2.05 bits per heavy atom. The van der Waals surface area contributed by atoms with Gasteiger partial charge in [0.15, 0.2) is 0 Å². The second-order valence-electron chi connectivity index (χ2n) is 5.92. The van der Waals surface area contributed by atoms with Crippen LogP contribution in [0.3, 0.4) is 0 Å². The summed E-state index contributed by atoms with van der Waals surface area (Å²) in [6, 6.07) is 0. The van der Waals surface area contributed by atoms with Gasteiger partial charge in [-0.1, -0.05) is 26.2 Å². The first-order chi connectivity index (χ1) is 10.7. The lowest BCUT2D eigenvalue weighted by atomic mass is 9.91. The van der Waals surface area contributed by atoms with Gasteiger partial charge in [-0.3, -0.25) is 4.79 Å². The Balaban J connectivity index is 1.95. The summed E-state index contributed by atoms with van der Waals surface area (Å²) in [5.74, 6) is 1.01. The van der Waals surface area contributed by atoms with Crippen molar-refractivity contribution >= 4 is 6.09 Å². The molecule has 1 amide bonds. The van der Waals surface area contributed by atoms with Gasteiger partial charge in [0, 0.05) is 19.0 Å². The highest BCUT2D eigenvalue weighted by Gasteiger charge is 2.29. The van der Waals surface area contributed by atoms with Crippen LogP contribution in [-0.2, 0) is 11.2 Å². The van der Waals surface area contributed by atoms with E-state index in [0.29, 0.717) is 13.1 Å². The first kappa shape index (κ1) is 16.6. The SMILES string of the molecule is CCCCCCc1c(C2CCN(C(=O)OC)CC2)o[nH]c1=O. The lowest BCUT2D eigenvalue weighted by Crippen LogP contribution is -2.37. The van der Waals surface area contributed by atoms with Crippen LogP contribution < -0.4 is 5.56 Å². The Kier molecular flexibility index (Phi) is 6.10. The number of likely N-dealkylation sites (tertiary alicyclic amines) is 1. The molecule has 124 valence electrons. The van der Waals surface area contributed by atoms with Crippen LogP contribution in [0.25, 0.3) is 0 Å². The third-order valence-corrected chi connectivity index (χ3v) is 4.40. The van der Waals surface area contributed by atoms with Gasteiger partial charge in [0.2, 0.25) is 0 Å². The first-order valence-corrected chi connectivity index (χ1v) is 8.20. The number of unbranched alkanes of at least 4 members (excludes halogenated alkanes) is 3. The number of hydrogen-bond donors (Lipinski definition) is 1. The monoisotopic (exact) mass is 310 g/mol. The number of rotatable bonds is 6. The Labute approximate surface area is 130 Å². The van der Waals surface area contributed by atoms with Gasteiger partial charge in [0.25, 0.3) is 5.56 Å². The zero-order valence-electron chi connectivity index (χ0n) is 13.5. The summed E-state index contributed by atoms with van der Waals surface area (Å²) in [7, 11) is 1.40. The van der Waals surface area contributed by atoms with Crippen LogP contribution in [0.5, 0.6) is 0 Å². The van der Waals surface area contributed by atoms with Crippen molar-refractivity contribution in [2.45, 2.75) is 57.8 Å². The highest BCUT2D eigenvalue weighted by atomic mass is 16.5. The molecule has 22 heavy (non-hydrogen) atoms. The smallest absolute Gasteiger partial charge is 0.409 e.